The first-order valence-electron chi connectivity index (χ1n) is 11.6. The zero-order valence-corrected chi connectivity index (χ0v) is 20.8. The standard InChI is InChI=1S/C27H30N6O3/c1-27(2,3)16-29-25(35)19-7-5-6-17(12-19)20-9-11-23-31-26(32-33(23)14-20)30-22-10-8-18(24(28)34)13-21(22)15-36-4/h5-14H,15-16H2,1-4H3,(H2,28,34)(H,29,35)(H,30,32). The molecular weight excluding hydrogens is 456 g/mol. The van der Waals surface area contributed by atoms with Crippen molar-refractivity contribution in [2.75, 3.05) is 19.0 Å². The van der Waals surface area contributed by atoms with Crippen molar-refractivity contribution < 1.29 is 14.3 Å². The van der Waals surface area contributed by atoms with E-state index in [0.717, 1.165) is 16.7 Å². The predicted octanol–water partition coefficient (Wildman–Crippen LogP) is 4.16. The number of fused-ring (bicyclic) bond motifs is 1. The molecular formula is C27H30N6O3. The number of carbonyl (C=O) groups is 2. The normalized spacial score (nSPS) is 11.4. The van der Waals surface area contributed by atoms with Crippen LogP contribution in [-0.2, 0) is 11.3 Å². The van der Waals surface area contributed by atoms with Gasteiger partial charge in [-0.05, 0) is 53.4 Å². The lowest BCUT2D eigenvalue weighted by Crippen LogP contribution is -2.32. The number of hydrogen-bond donors (Lipinski definition) is 3. The topological polar surface area (TPSA) is 124 Å². The summed E-state index contributed by atoms with van der Waals surface area (Å²) in [4.78, 5) is 28.7. The Balaban J connectivity index is 1.57. The van der Waals surface area contributed by atoms with Crippen LogP contribution in [0.3, 0.4) is 0 Å². The van der Waals surface area contributed by atoms with E-state index in [-0.39, 0.29) is 11.3 Å². The summed E-state index contributed by atoms with van der Waals surface area (Å²) in [7, 11) is 1.58. The SMILES string of the molecule is COCc1cc(C(N)=O)ccc1Nc1nc2ccc(-c3cccc(C(=O)NCC(C)(C)C)c3)cn2n1. The number of benzene rings is 2. The fraction of sp³-hybridized carbons (Fsp3) is 0.259. The van der Waals surface area contributed by atoms with Gasteiger partial charge >= 0.3 is 0 Å². The van der Waals surface area contributed by atoms with E-state index in [1.807, 2.05) is 36.5 Å². The maximum absolute atomic E-state index is 12.6. The van der Waals surface area contributed by atoms with Crippen molar-refractivity contribution >= 4 is 29.1 Å². The van der Waals surface area contributed by atoms with E-state index in [1.54, 1.807) is 35.9 Å². The molecule has 2 aromatic carbocycles. The highest BCUT2D eigenvalue weighted by Crippen LogP contribution is 2.24. The van der Waals surface area contributed by atoms with Gasteiger partial charge in [-0.3, -0.25) is 9.59 Å². The fourth-order valence-electron chi connectivity index (χ4n) is 3.66. The van der Waals surface area contributed by atoms with E-state index < -0.39 is 5.91 Å². The van der Waals surface area contributed by atoms with Crippen molar-refractivity contribution in [2.24, 2.45) is 11.1 Å². The third-order valence-electron chi connectivity index (χ3n) is 5.50. The van der Waals surface area contributed by atoms with Crippen molar-refractivity contribution in [1.29, 1.82) is 0 Å². The molecule has 4 aromatic rings. The van der Waals surface area contributed by atoms with E-state index in [4.69, 9.17) is 10.5 Å². The van der Waals surface area contributed by atoms with Crippen molar-refractivity contribution in [2.45, 2.75) is 27.4 Å². The molecule has 0 aliphatic carbocycles. The molecule has 0 saturated carbocycles. The predicted molar refractivity (Wildman–Crippen MR) is 139 cm³/mol. The van der Waals surface area contributed by atoms with Crippen LogP contribution in [0.1, 0.15) is 47.1 Å². The molecule has 9 nitrogen and oxygen atoms in total. The van der Waals surface area contributed by atoms with E-state index in [9.17, 15) is 9.59 Å². The van der Waals surface area contributed by atoms with Crippen LogP contribution in [0.25, 0.3) is 16.8 Å². The molecule has 2 aromatic heterocycles. The Bertz CT molecular complexity index is 1420. The number of nitrogens with two attached hydrogens (primary N) is 1. The van der Waals surface area contributed by atoms with Crippen molar-refractivity contribution in [3.8, 4) is 11.1 Å². The van der Waals surface area contributed by atoms with Crippen LogP contribution < -0.4 is 16.4 Å². The third kappa shape index (κ3) is 5.87. The molecule has 0 saturated heterocycles. The second kappa shape index (κ2) is 10.2. The van der Waals surface area contributed by atoms with Crippen LogP contribution in [0, 0.1) is 5.41 Å². The van der Waals surface area contributed by atoms with Gasteiger partial charge < -0.3 is 21.1 Å². The molecule has 0 aliphatic rings. The van der Waals surface area contributed by atoms with E-state index >= 15 is 0 Å². The monoisotopic (exact) mass is 486 g/mol. The Morgan fingerprint density at radius 1 is 1.03 bits per heavy atom. The zero-order chi connectivity index (χ0) is 25.9. The van der Waals surface area contributed by atoms with Crippen LogP contribution in [-0.4, -0.2) is 40.1 Å². The van der Waals surface area contributed by atoms with E-state index in [2.05, 4.69) is 41.5 Å². The highest BCUT2D eigenvalue weighted by Gasteiger charge is 2.14. The Morgan fingerprint density at radius 2 is 1.83 bits per heavy atom. The second-order valence-corrected chi connectivity index (χ2v) is 9.77. The number of aromatic nitrogens is 3. The average molecular weight is 487 g/mol. The smallest absolute Gasteiger partial charge is 0.251 e. The molecule has 0 atom stereocenters. The molecule has 0 radical (unpaired) electrons. The number of methoxy groups -OCH3 is 1. The molecule has 4 N–H and O–H groups in total. The van der Waals surface area contributed by atoms with Crippen LogP contribution >= 0.6 is 0 Å². The van der Waals surface area contributed by atoms with Crippen molar-refractivity contribution in [3.05, 3.63) is 77.5 Å². The Morgan fingerprint density at radius 3 is 2.56 bits per heavy atom. The summed E-state index contributed by atoms with van der Waals surface area (Å²) >= 11 is 0. The van der Waals surface area contributed by atoms with Gasteiger partial charge in [-0.15, -0.1) is 5.10 Å². The van der Waals surface area contributed by atoms with Gasteiger partial charge in [-0.2, -0.15) is 4.98 Å². The number of rotatable bonds is 8. The number of pyridine rings is 1. The number of nitrogens with one attached hydrogen (secondary N) is 2. The molecule has 2 amide bonds. The van der Waals surface area contributed by atoms with Gasteiger partial charge in [-0.1, -0.05) is 32.9 Å². The number of primary amides is 1. The minimum Gasteiger partial charge on any atom is -0.380 e. The number of nitrogens with zero attached hydrogens (tertiary/aromatic N) is 3. The molecule has 0 bridgehead atoms. The molecule has 186 valence electrons. The number of carbonyl (C=O) groups excluding carboxylic acids is 2. The van der Waals surface area contributed by atoms with Crippen LogP contribution in [0.5, 0.6) is 0 Å². The van der Waals surface area contributed by atoms with Gasteiger partial charge in [0.2, 0.25) is 11.9 Å². The molecule has 4 rings (SSSR count). The van der Waals surface area contributed by atoms with Gasteiger partial charge in [0, 0.05) is 47.8 Å². The summed E-state index contributed by atoms with van der Waals surface area (Å²) in [6.45, 7) is 7.12. The highest BCUT2D eigenvalue weighted by atomic mass is 16.5. The molecule has 0 aliphatic heterocycles. The van der Waals surface area contributed by atoms with Crippen LogP contribution in [0.2, 0.25) is 0 Å². The van der Waals surface area contributed by atoms with Gasteiger partial charge in [0.1, 0.15) is 0 Å². The summed E-state index contributed by atoms with van der Waals surface area (Å²) < 4.78 is 6.93. The molecule has 9 heteroatoms. The molecule has 2 heterocycles. The lowest BCUT2D eigenvalue weighted by Gasteiger charge is -2.18. The van der Waals surface area contributed by atoms with Crippen molar-refractivity contribution in [3.63, 3.8) is 0 Å². The van der Waals surface area contributed by atoms with Gasteiger partial charge in [-0.25, -0.2) is 4.52 Å². The lowest BCUT2D eigenvalue weighted by molar-refractivity contribution is 0.0938. The molecule has 0 unspecified atom stereocenters. The number of hydrogen-bond acceptors (Lipinski definition) is 6. The molecule has 36 heavy (non-hydrogen) atoms. The minimum atomic E-state index is -0.506. The van der Waals surface area contributed by atoms with Gasteiger partial charge in [0.15, 0.2) is 5.65 Å². The summed E-state index contributed by atoms with van der Waals surface area (Å²) in [5.74, 6) is -0.214. The van der Waals surface area contributed by atoms with Crippen LogP contribution in [0.15, 0.2) is 60.8 Å². The second-order valence-electron chi connectivity index (χ2n) is 9.77. The summed E-state index contributed by atoms with van der Waals surface area (Å²) in [6.07, 6.45) is 1.87. The summed E-state index contributed by atoms with van der Waals surface area (Å²) in [6, 6.07) is 16.4. The van der Waals surface area contributed by atoms with E-state index in [0.29, 0.717) is 41.6 Å². The maximum Gasteiger partial charge on any atom is 0.251 e. The summed E-state index contributed by atoms with van der Waals surface area (Å²) in [5, 5.41) is 10.7. The van der Waals surface area contributed by atoms with E-state index in [1.165, 1.54) is 0 Å². The first-order chi connectivity index (χ1) is 17.1. The Kier molecular flexibility index (Phi) is 7.03. The largest absolute Gasteiger partial charge is 0.380 e. The van der Waals surface area contributed by atoms with Crippen LogP contribution in [0.4, 0.5) is 11.6 Å². The molecule has 0 fully saturated rings. The first-order valence-corrected chi connectivity index (χ1v) is 11.6. The number of anilines is 2. The quantitative estimate of drug-likeness (QED) is 0.344. The average Bonchev–Trinajstić information content (AvgIpc) is 3.25. The summed E-state index contributed by atoms with van der Waals surface area (Å²) in [5.41, 5.74) is 10.3. The number of amides is 2. The third-order valence-corrected chi connectivity index (χ3v) is 5.50. The lowest BCUT2D eigenvalue weighted by atomic mass is 9.96. The first kappa shape index (κ1) is 24.9. The van der Waals surface area contributed by atoms with Gasteiger partial charge in [0.25, 0.3) is 5.91 Å². The Labute approximate surface area is 209 Å². The maximum atomic E-state index is 12.6. The highest BCUT2D eigenvalue weighted by molar-refractivity contribution is 5.95. The Hall–Kier alpha value is -4.24. The molecule has 0 spiro atoms. The van der Waals surface area contributed by atoms with Gasteiger partial charge in [0.05, 0.1) is 6.61 Å². The minimum absolute atomic E-state index is 0.00531. The zero-order valence-electron chi connectivity index (χ0n) is 20.8. The fourth-order valence-corrected chi connectivity index (χ4v) is 3.66. The number of ether oxygens (including phenoxy) is 1. The van der Waals surface area contributed by atoms with Crippen molar-refractivity contribution in [1.82, 2.24) is 19.9 Å².